The second kappa shape index (κ2) is 7.21. The first-order valence-electron chi connectivity index (χ1n) is 8.01. The highest BCUT2D eigenvalue weighted by molar-refractivity contribution is 4.90. The average Bonchev–Trinajstić information content (AvgIpc) is 2.75. The minimum atomic E-state index is 0.0604. The summed E-state index contributed by atoms with van der Waals surface area (Å²) in [7, 11) is 1.75. The fraction of sp³-hybridized carbons (Fsp3) is 1.00. The van der Waals surface area contributed by atoms with Crippen LogP contribution in [0.1, 0.15) is 46.0 Å². The van der Waals surface area contributed by atoms with Crippen LogP contribution in [0.2, 0.25) is 0 Å². The van der Waals surface area contributed by atoms with Crippen molar-refractivity contribution in [3.05, 3.63) is 0 Å². The third-order valence-electron chi connectivity index (χ3n) is 4.60. The van der Waals surface area contributed by atoms with Crippen molar-refractivity contribution in [3.63, 3.8) is 0 Å². The first kappa shape index (κ1) is 16.2. The van der Waals surface area contributed by atoms with Crippen LogP contribution in [0.4, 0.5) is 0 Å². The van der Waals surface area contributed by atoms with Crippen molar-refractivity contribution in [2.45, 2.75) is 57.7 Å². The lowest BCUT2D eigenvalue weighted by molar-refractivity contribution is -0.0695. The summed E-state index contributed by atoms with van der Waals surface area (Å²) in [6, 6.07) is 0. The van der Waals surface area contributed by atoms with Gasteiger partial charge in [-0.3, -0.25) is 0 Å². The minimum absolute atomic E-state index is 0.0604. The Labute approximate surface area is 123 Å². The van der Waals surface area contributed by atoms with E-state index in [1.54, 1.807) is 7.11 Å². The second-order valence-electron chi connectivity index (χ2n) is 7.07. The van der Waals surface area contributed by atoms with Gasteiger partial charge in [-0.1, -0.05) is 0 Å². The number of rotatable bonds is 7. The quantitative estimate of drug-likeness (QED) is 0.729. The number of hydrogen-bond donors (Lipinski definition) is 1. The minimum Gasteiger partial charge on any atom is -0.383 e. The SMILES string of the molecule is COCCNCC1(CC2CCC(C)(C)O2)CCCOC1. The lowest BCUT2D eigenvalue weighted by Gasteiger charge is -2.39. The van der Waals surface area contributed by atoms with Gasteiger partial charge in [0.15, 0.2) is 0 Å². The Bertz CT molecular complexity index is 287. The number of nitrogens with one attached hydrogen (secondary N) is 1. The van der Waals surface area contributed by atoms with Crippen molar-refractivity contribution in [2.24, 2.45) is 5.41 Å². The van der Waals surface area contributed by atoms with Crippen molar-refractivity contribution in [1.82, 2.24) is 5.32 Å². The molecule has 0 amide bonds. The number of methoxy groups -OCH3 is 1. The van der Waals surface area contributed by atoms with Crippen molar-refractivity contribution in [3.8, 4) is 0 Å². The van der Waals surface area contributed by atoms with E-state index < -0.39 is 0 Å². The van der Waals surface area contributed by atoms with Gasteiger partial charge in [-0.2, -0.15) is 0 Å². The van der Waals surface area contributed by atoms with Crippen molar-refractivity contribution in [1.29, 1.82) is 0 Å². The monoisotopic (exact) mass is 285 g/mol. The molecule has 0 bridgehead atoms. The predicted molar refractivity (Wildman–Crippen MR) is 80.0 cm³/mol. The summed E-state index contributed by atoms with van der Waals surface area (Å²) in [5.74, 6) is 0. The summed E-state index contributed by atoms with van der Waals surface area (Å²) in [6.07, 6.45) is 6.29. The van der Waals surface area contributed by atoms with E-state index in [-0.39, 0.29) is 11.0 Å². The van der Waals surface area contributed by atoms with E-state index in [9.17, 15) is 0 Å². The van der Waals surface area contributed by atoms with Crippen LogP contribution in [0.25, 0.3) is 0 Å². The molecule has 2 unspecified atom stereocenters. The second-order valence-corrected chi connectivity index (χ2v) is 7.07. The van der Waals surface area contributed by atoms with Gasteiger partial charge in [0.05, 0.1) is 24.9 Å². The highest BCUT2D eigenvalue weighted by atomic mass is 16.5. The van der Waals surface area contributed by atoms with Crippen LogP contribution in [0, 0.1) is 5.41 Å². The molecule has 20 heavy (non-hydrogen) atoms. The maximum atomic E-state index is 6.20. The smallest absolute Gasteiger partial charge is 0.0631 e. The first-order valence-corrected chi connectivity index (χ1v) is 8.01. The normalized spacial score (nSPS) is 33.5. The van der Waals surface area contributed by atoms with Crippen LogP contribution < -0.4 is 5.32 Å². The molecule has 4 nitrogen and oxygen atoms in total. The Morgan fingerprint density at radius 1 is 1.30 bits per heavy atom. The molecule has 0 aromatic heterocycles. The third kappa shape index (κ3) is 4.69. The van der Waals surface area contributed by atoms with E-state index in [1.165, 1.54) is 25.7 Å². The predicted octanol–water partition coefficient (Wildman–Crippen LogP) is 2.37. The van der Waals surface area contributed by atoms with Gasteiger partial charge in [-0.25, -0.2) is 0 Å². The Morgan fingerprint density at radius 3 is 2.75 bits per heavy atom. The third-order valence-corrected chi connectivity index (χ3v) is 4.60. The molecule has 2 aliphatic heterocycles. The zero-order valence-corrected chi connectivity index (χ0v) is 13.4. The Hall–Kier alpha value is -0.160. The highest BCUT2D eigenvalue weighted by Crippen LogP contribution is 2.39. The van der Waals surface area contributed by atoms with Crippen molar-refractivity contribution >= 4 is 0 Å². The molecule has 0 spiro atoms. The molecule has 2 atom stereocenters. The number of hydrogen-bond acceptors (Lipinski definition) is 4. The molecule has 0 aromatic carbocycles. The van der Waals surface area contributed by atoms with Gasteiger partial charge in [0.25, 0.3) is 0 Å². The molecule has 0 aromatic rings. The standard InChI is InChI=1S/C16H31NO3/c1-15(2)7-5-14(20-15)11-16(6-4-9-19-13-16)12-17-8-10-18-3/h14,17H,4-13H2,1-3H3. The van der Waals surface area contributed by atoms with Crippen LogP contribution in [0.5, 0.6) is 0 Å². The van der Waals surface area contributed by atoms with Crippen LogP contribution in [-0.4, -0.2) is 51.7 Å². The van der Waals surface area contributed by atoms with Crippen LogP contribution in [-0.2, 0) is 14.2 Å². The van der Waals surface area contributed by atoms with Gasteiger partial charge in [0.2, 0.25) is 0 Å². The fourth-order valence-corrected chi connectivity index (χ4v) is 3.51. The fourth-order valence-electron chi connectivity index (χ4n) is 3.51. The van der Waals surface area contributed by atoms with Crippen molar-refractivity contribution < 1.29 is 14.2 Å². The van der Waals surface area contributed by atoms with Gasteiger partial charge in [-0.15, -0.1) is 0 Å². The van der Waals surface area contributed by atoms with E-state index >= 15 is 0 Å². The Balaban J connectivity index is 1.86. The lowest BCUT2D eigenvalue weighted by atomic mass is 9.77. The van der Waals surface area contributed by atoms with Gasteiger partial charge >= 0.3 is 0 Å². The summed E-state index contributed by atoms with van der Waals surface area (Å²) in [5.41, 5.74) is 0.307. The molecule has 0 aliphatic carbocycles. The summed E-state index contributed by atoms with van der Waals surface area (Å²) >= 11 is 0. The molecule has 2 saturated heterocycles. The zero-order chi connectivity index (χ0) is 14.5. The molecule has 1 N–H and O–H groups in total. The summed E-state index contributed by atoms with van der Waals surface area (Å²) in [6.45, 7) is 8.88. The highest BCUT2D eigenvalue weighted by Gasteiger charge is 2.40. The van der Waals surface area contributed by atoms with Crippen LogP contribution >= 0.6 is 0 Å². The van der Waals surface area contributed by atoms with Crippen molar-refractivity contribution in [2.75, 3.05) is 40.0 Å². The maximum absolute atomic E-state index is 6.20. The largest absolute Gasteiger partial charge is 0.383 e. The maximum Gasteiger partial charge on any atom is 0.0631 e. The summed E-state index contributed by atoms with van der Waals surface area (Å²) in [4.78, 5) is 0. The van der Waals surface area contributed by atoms with E-state index in [4.69, 9.17) is 14.2 Å². The number of ether oxygens (including phenoxy) is 3. The summed E-state index contributed by atoms with van der Waals surface area (Å²) in [5, 5.41) is 3.53. The molecule has 0 radical (unpaired) electrons. The molecule has 0 saturated carbocycles. The van der Waals surface area contributed by atoms with E-state index in [2.05, 4.69) is 19.2 Å². The molecule has 118 valence electrons. The molecule has 2 heterocycles. The van der Waals surface area contributed by atoms with E-state index in [0.29, 0.717) is 6.10 Å². The molecular formula is C16H31NO3. The molecule has 2 aliphatic rings. The zero-order valence-electron chi connectivity index (χ0n) is 13.4. The average molecular weight is 285 g/mol. The topological polar surface area (TPSA) is 39.7 Å². The Kier molecular flexibility index (Phi) is 5.84. The van der Waals surface area contributed by atoms with E-state index in [0.717, 1.165) is 39.3 Å². The van der Waals surface area contributed by atoms with Crippen LogP contribution in [0.3, 0.4) is 0 Å². The van der Waals surface area contributed by atoms with Gasteiger partial charge in [0.1, 0.15) is 0 Å². The lowest BCUT2D eigenvalue weighted by Crippen LogP contribution is -2.44. The molecule has 4 heteroatoms. The van der Waals surface area contributed by atoms with Crippen LogP contribution in [0.15, 0.2) is 0 Å². The van der Waals surface area contributed by atoms with E-state index in [1.807, 2.05) is 0 Å². The first-order chi connectivity index (χ1) is 9.55. The molecule has 2 rings (SSSR count). The summed E-state index contributed by atoms with van der Waals surface area (Å²) < 4.78 is 17.1. The van der Waals surface area contributed by atoms with Gasteiger partial charge in [0, 0.05) is 32.2 Å². The van der Waals surface area contributed by atoms with Gasteiger partial charge < -0.3 is 19.5 Å². The van der Waals surface area contributed by atoms with Gasteiger partial charge in [-0.05, 0) is 46.0 Å². The molecular weight excluding hydrogens is 254 g/mol. The molecule has 2 fully saturated rings. The Morgan fingerprint density at radius 2 is 2.15 bits per heavy atom.